The highest BCUT2D eigenvalue weighted by molar-refractivity contribution is 5.99. The fourth-order valence-corrected chi connectivity index (χ4v) is 9.94. The third-order valence-corrected chi connectivity index (χ3v) is 14.8. The molecule has 13 nitrogen and oxygen atoms in total. The highest BCUT2D eigenvalue weighted by Crippen LogP contribution is 2.38. The van der Waals surface area contributed by atoms with Gasteiger partial charge in [0, 0.05) is 17.1 Å². The molecular weight excluding hydrogens is 1160 g/mol. The Kier molecular flexibility index (Phi) is 20.6. The van der Waals surface area contributed by atoms with Gasteiger partial charge in [0.2, 0.25) is 0 Å². The van der Waals surface area contributed by atoms with E-state index in [0.29, 0.717) is 22.3 Å². The number of benzene rings is 9. The van der Waals surface area contributed by atoms with Crippen molar-refractivity contribution in [3.05, 3.63) is 371 Å². The van der Waals surface area contributed by atoms with Crippen LogP contribution in [-0.4, -0.2) is 44.3 Å². The molecule has 0 heterocycles. The molecule has 93 heavy (non-hydrogen) atoms. The van der Waals surface area contributed by atoms with E-state index in [1.807, 2.05) is 109 Å². The van der Waals surface area contributed by atoms with Crippen LogP contribution in [0.3, 0.4) is 0 Å². The van der Waals surface area contributed by atoms with Gasteiger partial charge in [0.25, 0.3) is 17.1 Å². The Morgan fingerprint density at radius 3 is 0.892 bits per heavy atom. The Balaban J connectivity index is 1.12. The number of aryl methyl sites for hydroxylation is 2. The zero-order valence-corrected chi connectivity index (χ0v) is 50.1. The molecule has 0 radical (unpaired) electrons. The summed E-state index contributed by atoms with van der Waals surface area (Å²) in [5.41, 5.74) is 15.6. The van der Waals surface area contributed by atoms with E-state index in [9.17, 15) is 44.9 Å². The maximum absolute atomic E-state index is 11.7. The van der Waals surface area contributed by atoms with E-state index >= 15 is 0 Å². The molecule has 0 fully saturated rings. The molecule has 0 atom stereocenters. The molecule has 13 heteroatoms. The minimum absolute atomic E-state index is 0.417. The van der Waals surface area contributed by atoms with Crippen LogP contribution in [0.1, 0.15) is 83.5 Å². The molecule has 0 aliphatic carbocycles. The number of hydrogen-bond acceptors (Lipinski definition) is 6. The van der Waals surface area contributed by atoms with Crippen molar-refractivity contribution in [3.63, 3.8) is 0 Å². The quantitative estimate of drug-likeness (QED) is 0.0177. The Morgan fingerprint density at radius 1 is 0.355 bits per heavy atom. The van der Waals surface area contributed by atoms with E-state index in [2.05, 4.69) is 124 Å². The summed E-state index contributed by atoms with van der Waals surface area (Å²) in [6.07, 6.45) is 15.4. The lowest BCUT2D eigenvalue weighted by Gasteiger charge is -2.26. The number of rotatable bonds is 21. The highest BCUT2D eigenvalue weighted by Gasteiger charge is 2.17. The zero-order chi connectivity index (χ0) is 66.0. The van der Waals surface area contributed by atoms with Crippen LogP contribution in [0.2, 0.25) is 0 Å². The number of carbonyl (C=O) groups is 4. The van der Waals surface area contributed by atoms with Crippen LogP contribution in [0.15, 0.2) is 253 Å². The van der Waals surface area contributed by atoms with Crippen molar-refractivity contribution < 1.29 is 39.6 Å². The molecule has 9 aromatic carbocycles. The predicted octanol–water partition coefficient (Wildman–Crippen LogP) is 18.1. The number of nitriles is 1. The van der Waals surface area contributed by atoms with Gasteiger partial charge in [-0.25, -0.2) is 19.3 Å². The second-order valence-corrected chi connectivity index (χ2v) is 21.2. The summed E-state index contributed by atoms with van der Waals surface area (Å²) >= 11 is 0. The molecular formula is C80H55N5O8. The summed E-state index contributed by atoms with van der Waals surface area (Å²) in [6.45, 7) is 26.1. The zero-order valence-electron chi connectivity index (χ0n) is 50.1. The Bertz CT molecular complexity index is 4300. The van der Waals surface area contributed by atoms with Crippen molar-refractivity contribution in [1.29, 1.82) is 5.26 Å². The van der Waals surface area contributed by atoms with Gasteiger partial charge in [-0.15, -0.1) is 0 Å². The van der Waals surface area contributed by atoms with Crippen molar-refractivity contribution in [3.8, 4) is 6.07 Å². The van der Waals surface area contributed by atoms with Crippen molar-refractivity contribution in [1.82, 2.24) is 0 Å². The van der Waals surface area contributed by atoms with Crippen LogP contribution in [0, 0.1) is 44.9 Å². The van der Waals surface area contributed by atoms with E-state index in [1.54, 1.807) is 54.6 Å². The SMILES string of the molecule is [C-]#[N+]C(=Cc1ccc(C(=Cc2ccc(N(c3ccc(C=CC=C(c4ccc(C)cc4)c4ccc(C)cc4)cc3)c3ccc(C=C(c4ccc(C=C([N+]#[C-])C(=O)O)cc4)c4ccc(C=C([N+]#[C-])C(=O)O)cc4)cc3)cc2)c2ccc(C=C(C#N)C(=O)O)cc2)cc1)C(=O)O. The minimum atomic E-state index is -1.34. The molecule has 448 valence electrons. The van der Waals surface area contributed by atoms with Crippen LogP contribution >= 0.6 is 0 Å². The lowest BCUT2D eigenvalue weighted by atomic mass is 9.93. The maximum Gasteiger partial charge on any atom is 0.346 e. The van der Waals surface area contributed by atoms with Crippen LogP contribution < -0.4 is 4.90 Å². The van der Waals surface area contributed by atoms with Gasteiger partial charge in [-0.3, -0.25) is 14.4 Å². The number of carboxylic acid groups (broad SMARTS) is 4. The van der Waals surface area contributed by atoms with E-state index in [1.165, 1.54) is 35.4 Å². The highest BCUT2D eigenvalue weighted by atomic mass is 16.4. The van der Waals surface area contributed by atoms with Gasteiger partial charge >= 0.3 is 23.9 Å². The topological polar surface area (TPSA) is 189 Å². The van der Waals surface area contributed by atoms with Gasteiger partial charge in [-0.1, -0.05) is 211 Å². The van der Waals surface area contributed by atoms with Gasteiger partial charge in [0.05, 0.1) is 19.7 Å². The summed E-state index contributed by atoms with van der Waals surface area (Å²) < 4.78 is 0. The summed E-state index contributed by atoms with van der Waals surface area (Å²) in [5.74, 6) is -5.36. The van der Waals surface area contributed by atoms with Gasteiger partial charge in [-0.05, 0) is 176 Å². The van der Waals surface area contributed by atoms with Crippen LogP contribution in [0.25, 0.3) is 73.8 Å². The first kappa shape index (κ1) is 64.0. The molecule has 0 aliphatic heterocycles. The van der Waals surface area contributed by atoms with Crippen molar-refractivity contribution >= 4 is 100 Å². The molecule has 0 aromatic heterocycles. The molecule has 0 bridgehead atoms. The van der Waals surface area contributed by atoms with Crippen LogP contribution in [0.4, 0.5) is 17.1 Å². The second-order valence-electron chi connectivity index (χ2n) is 21.2. The average Bonchev–Trinajstić information content (AvgIpc) is 1.50. The van der Waals surface area contributed by atoms with Gasteiger partial charge in [0.1, 0.15) is 11.6 Å². The molecule has 4 N–H and O–H groups in total. The summed E-state index contributed by atoms with van der Waals surface area (Å²) in [5, 5.41) is 47.5. The Labute approximate surface area is 538 Å². The molecule has 9 rings (SSSR count). The summed E-state index contributed by atoms with van der Waals surface area (Å²) in [4.78, 5) is 58.3. The number of allylic oxidation sites excluding steroid dienone is 2. The molecule has 0 aliphatic rings. The molecule has 0 spiro atoms. The number of nitrogens with zero attached hydrogens (tertiary/aromatic N) is 5. The third-order valence-electron chi connectivity index (χ3n) is 14.8. The smallest absolute Gasteiger partial charge is 0.346 e. The fourth-order valence-electron chi connectivity index (χ4n) is 9.94. The number of carboxylic acids is 4. The normalized spacial score (nSPS) is 11.7. The fraction of sp³-hybridized carbons (Fsp3) is 0.0250. The lowest BCUT2D eigenvalue weighted by Crippen LogP contribution is -2.09. The number of anilines is 3. The predicted molar refractivity (Wildman–Crippen MR) is 367 cm³/mol. The van der Waals surface area contributed by atoms with Crippen molar-refractivity contribution in [2.45, 2.75) is 13.8 Å². The summed E-state index contributed by atoms with van der Waals surface area (Å²) in [6, 6.07) is 71.2. The standard InChI is InChI=1S/C80H55N5O8/c1-52-9-27-61(28-10-52)71(62-29-11-53(2)12-30-62)8-6-7-54-21-39-68(40-22-54)85(69-41-23-56(24-42-69)46-72(63-31-13-55(14-32-63)45-67(51-81)77(86)87)64-33-15-58(16-34-64)48-74(82-3)78(88)89)70-43-25-57(26-44-70)47-73(65-35-17-59(18-36-65)49-75(83-4)79(90)91)66-37-19-60(20-38-66)50-76(84-5)80(92)93/h6-50H,1-2H3,(H,86,87)(H,88,89)(H,90,91)(H,92,93). The molecule has 0 amide bonds. The number of aliphatic carboxylic acids is 4. The molecule has 9 aromatic rings. The monoisotopic (exact) mass is 1210 g/mol. The first-order valence-electron chi connectivity index (χ1n) is 28.8. The van der Waals surface area contributed by atoms with E-state index in [0.717, 1.165) is 83.9 Å². The molecule has 0 saturated heterocycles. The van der Waals surface area contributed by atoms with Gasteiger partial charge in [0.15, 0.2) is 0 Å². The lowest BCUT2D eigenvalue weighted by molar-refractivity contribution is -0.133. The van der Waals surface area contributed by atoms with E-state index in [4.69, 9.17) is 19.7 Å². The van der Waals surface area contributed by atoms with E-state index < -0.39 is 46.5 Å². The van der Waals surface area contributed by atoms with Crippen molar-refractivity contribution in [2.24, 2.45) is 0 Å². The van der Waals surface area contributed by atoms with Crippen molar-refractivity contribution in [2.75, 3.05) is 4.90 Å². The number of hydrogen-bond donors (Lipinski definition) is 4. The summed E-state index contributed by atoms with van der Waals surface area (Å²) in [7, 11) is 0. The van der Waals surface area contributed by atoms with Crippen LogP contribution in [-0.2, 0) is 19.2 Å². The third kappa shape index (κ3) is 16.6. The molecule has 0 unspecified atom stereocenters. The second kappa shape index (κ2) is 30.0. The Hall–Kier alpha value is -13.5. The molecule has 0 saturated carbocycles. The average molecular weight is 1210 g/mol. The largest absolute Gasteiger partial charge is 0.486 e. The first-order valence-corrected chi connectivity index (χ1v) is 28.8. The maximum atomic E-state index is 11.7. The minimum Gasteiger partial charge on any atom is -0.486 e. The Morgan fingerprint density at radius 2 is 0.613 bits per heavy atom. The first-order chi connectivity index (χ1) is 45.0. The van der Waals surface area contributed by atoms with Gasteiger partial charge in [-0.2, -0.15) is 5.26 Å². The van der Waals surface area contributed by atoms with E-state index in [-0.39, 0.29) is 0 Å². The van der Waals surface area contributed by atoms with Gasteiger partial charge < -0.3 is 25.3 Å². The van der Waals surface area contributed by atoms with Crippen LogP contribution in [0.5, 0.6) is 0 Å².